The number of fused-ring (bicyclic) bond motifs is 1. The predicted molar refractivity (Wildman–Crippen MR) is 90.7 cm³/mol. The quantitative estimate of drug-likeness (QED) is 0.740. The van der Waals surface area contributed by atoms with Crippen molar-refractivity contribution in [3.05, 3.63) is 35.5 Å². The number of methoxy groups -OCH3 is 1. The van der Waals surface area contributed by atoms with Gasteiger partial charge in [0.05, 0.1) is 0 Å². The smallest absolute Gasteiger partial charge is 0.241 e. The van der Waals surface area contributed by atoms with Gasteiger partial charge in [0.1, 0.15) is 12.6 Å². The van der Waals surface area contributed by atoms with Crippen molar-refractivity contribution >= 4 is 5.91 Å². The van der Waals surface area contributed by atoms with E-state index in [1.807, 2.05) is 37.2 Å². The van der Waals surface area contributed by atoms with Crippen LogP contribution in [-0.4, -0.2) is 55.5 Å². The van der Waals surface area contributed by atoms with Crippen molar-refractivity contribution in [2.45, 2.75) is 19.1 Å². The number of nitrogens with zero attached hydrogens (tertiary/aromatic N) is 3. The minimum atomic E-state index is -0.448. The van der Waals surface area contributed by atoms with E-state index in [0.717, 1.165) is 5.56 Å². The summed E-state index contributed by atoms with van der Waals surface area (Å²) in [5.74, 6) is 2.17. The second-order valence-corrected chi connectivity index (χ2v) is 6.06. The van der Waals surface area contributed by atoms with E-state index in [4.69, 9.17) is 18.7 Å². The second-order valence-electron chi connectivity index (χ2n) is 6.06. The molecule has 0 saturated carbocycles. The van der Waals surface area contributed by atoms with E-state index in [0.29, 0.717) is 42.8 Å². The van der Waals surface area contributed by atoms with Gasteiger partial charge in [-0.05, 0) is 31.8 Å². The molecule has 2 aromatic rings. The normalized spacial score (nSPS) is 13.8. The number of aromatic nitrogens is 2. The van der Waals surface area contributed by atoms with Crippen LogP contribution in [-0.2, 0) is 22.6 Å². The van der Waals surface area contributed by atoms with Gasteiger partial charge in [0.25, 0.3) is 0 Å². The summed E-state index contributed by atoms with van der Waals surface area (Å²) >= 11 is 0. The molecule has 0 saturated heterocycles. The van der Waals surface area contributed by atoms with E-state index in [9.17, 15) is 4.79 Å². The summed E-state index contributed by atoms with van der Waals surface area (Å²) in [6.07, 6.45) is 0.448. The summed E-state index contributed by atoms with van der Waals surface area (Å²) in [5, 5.41) is 6.70. The monoisotopic (exact) mass is 362 g/mol. The average Bonchev–Trinajstić information content (AvgIpc) is 3.24. The fraction of sp³-hybridized carbons (Fsp3) is 0.471. The van der Waals surface area contributed by atoms with Gasteiger partial charge in [0.2, 0.25) is 18.6 Å². The minimum absolute atomic E-state index is 0.120. The maximum atomic E-state index is 12.7. The lowest BCUT2D eigenvalue weighted by molar-refractivity contribution is -0.125. The van der Waals surface area contributed by atoms with Crippen molar-refractivity contribution < 1.29 is 23.5 Å². The summed E-state index contributed by atoms with van der Waals surface area (Å²) in [4.78, 5) is 18.7. The first-order chi connectivity index (χ1) is 12.6. The Bertz CT molecular complexity index is 761. The molecule has 1 unspecified atom stereocenters. The number of benzene rings is 1. The van der Waals surface area contributed by atoms with E-state index in [-0.39, 0.29) is 12.7 Å². The highest BCUT2D eigenvalue weighted by molar-refractivity contribution is 5.83. The van der Waals surface area contributed by atoms with Gasteiger partial charge < -0.3 is 24.1 Å². The lowest BCUT2D eigenvalue weighted by atomic mass is 10.0. The van der Waals surface area contributed by atoms with Crippen molar-refractivity contribution in [1.82, 2.24) is 20.4 Å². The van der Waals surface area contributed by atoms with Crippen LogP contribution in [0.15, 0.2) is 22.7 Å². The fourth-order valence-electron chi connectivity index (χ4n) is 2.74. The van der Waals surface area contributed by atoms with Crippen LogP contribution >= 0.6 is 0 Å². The third-order valence-electron chi connectivity index (χ3n) is 3.90. The van der Waals surface area contributed by atoms with Gasteiger partial charge in [0, 0.05) is 20.1 Å². The lowest BCUT2D eigenvalue weighted by Gasteiger charge is -2.24. The molecule has 2 heterocycles. The number of carbonyl (C=O) groups is 1. The molecule has 0 bridgehead atoms. The third-order valence-corrected chi connectivity index (χ3v) is 3.90. The van der Waals surface area contributed by atoms with Crippen LogP contribution in [0.4, 0.5) is 0 Å². The first-order valence-corrected chi connectivity index (χ1v) is 8.22. The molecular weight excluding hydrogens is 340 g/mol. The molecule has 0 aliphatic carbocycles. The molecule has 9 nitrogen and oxygen atoms in total. The number of rotatable bonds is 8. The van der Waals surface area contributed by atoms with E-state index in [2.05, 4.69) is 15.5 Å². The number of hydrogen-bond donors (Lipinski definition) is 1. The summed E-state index contributed by atoms with van der Waals surface area (Å²) in [7, 11) is 5.27. The molecule has 26 heavy (non-hydrogen) atoms. The zero-order valence-electron chi connectivity index (χ0n) is 15.0. The largest absolute Gasteiger partial charge is 0.454 e. The standard InChI is InChI=1S/C17H22N4O5/c1-21(2)16(11-4-5-12-13(8-11)25-10-24-12)17(22)18-7-6-15-19-14(9-23-3)20-26-15/h4-5,8,16H,6-7,9-10H2,1-3H3,(H,18,22). The molecule has 1 N–H and O–H groups in total. The SMILES string of the molecule is COCc1noc(CCNC(=O)C(c2ccc3c(c2)OCO3)N(C)C)n1. The van der Waals surface area contributed by atoms with Gasteiger partial charge >= 0.3 is 0 Å². The van der Waals surface area contributed by atoms with E-state index in [1.165, 1.54) is 0 Å². The number of carbonyl (C=O) groups excluding carboxylic acids is 1. The van der Waals surface area contributed by atoms with Crippen LogP contribution in [0, 0.1) is 0 Å². The molecule has 1 aliphatic heterocycles. The Balaban J connectivity index is 1.60. The molecule has 1 aliphatic rings. The highest BCUT2D eigenvalue weighted by Crippen LogP contribution is 2.35. The average molecular weight is 362 g/mol. The minimum Gasteiger partial charge on any atom is -0.454 e. The van der Waals surface area contributed by atoms with Crippen molar-refractivity contribution in [2.75, 3.05) is 34.5 Å². The molecule has 3 rings (SSSR count). The van der Waals surface area contributed by atoms with Gasteiger partial charge in [-0.2, -0.15) is 4.98 Å². The summed E-state index contributed by atoms with van der Waals surface area (Å²) in [6, 6.07) is 5.07. The summed E-state index contributed by atoms with van der Waals surface area (Å²) in [6.45, 7) is 0.887. The number of nitrogens with one attached hydrogen (secondary N) is 1. The molecular formula is C17H22N4O5. The molecule has 1 aromatic carbocycles. The first-order valence-electron chi connectivity index (χ1n) is 8.22. The maximum absolute atomic E-state index is 12.7. The van der Waals surface area contributed by atoms with Gasteiger partial charge in [-0.3, -0.25) is 9.69 Å². The molecule has 1 amide bonds. The maximum Gasteiger partial charge on any atom is 0.241 e. The van der Waals surface area contributed by atoms with Crippen LogP contribution in [0.5, 0.6) is 11.5 Å². The van der Waals surface area contributed by atoms with Gasteiger partial charge in [-0.15, -0.1) is 0 Å². The summed E-state index contributed by atoms with van der Waals surface area (Å²) in [5.41, 5.74) is 0.830. The van der Waals surface area contributed by atoms with Gasteiger partial charge in [-0.25, -0.2) is 0 Å². The topological polar surface area (TPSA) is 99.0 Å². The number of likely N-dealkylation sites (N-methyl/N-ethyl adjacent to an activating group) is 1. The third kappa shape index (κ3) is 4.12. The highest BCUT2D eigenvalue weighted by atomic mass is 16.7. The van der Waals surface area contributed by atoms with Crippen LogP contribution < -0.4 is 14.8 Å². The van der Waals surface area contributed by atoms with Crippen LogP contribution in [0.25, 0.3) is 0 Å². The Hall–Kier alpha value is -2.65. The van der Waals surface area contributed by atoms with Crippen LogP contribution in [0.3, 0.4) is 0 Å². The summed E-state index contributed by atoms with van der Waals surface area (Å²) < 4.78 is 20.8. The highest BCUT2D eigenvalue weighted by Gasteiger charge is 2.25. The van der Waals surface area contributed by atoms with Crippen LogP contribution in [0.1, 0.15) is 23.3 Å². The van der Waals surface area contributed by atoms with E-state index < -0.39 is 6.04 Å². The van der Waals surface area contributed by atoms with E-state index in [1.54, 1.807) is 7.11 Å². The second kappa shape index (κ2) is 8.15. The van der Waals surface area contributed by atoms with Crippen molar-refractivity contribution in [3.8, 4) is 11.5 Å². The molecule has 0 fully saturated rings. The van der Waals surface area contributed by atoms with E-state index >= 15 is 0 Å². The predicted octanol–water partition coefficient (Wildman–Crippen LogP) is 0.906. The molecule has 1 aromatic heterocycles. The molecule has 140 valence electrons. The Morgan fingerprint density at radius 2 is 2.15 bits per heavy atom. The molecule has 9 heteroatoms. The lowest BCUT2D eigenvalue weighted by Crippen LogP contribution is -2.37. The van der Waals surface area contributed by atoms with Crippen molar-refractivity contribution in [2.24, 2.45) is 0 Å². The Kier molecular flexibility index (Phi) is 5.69. The van der Waals surface area contributed by atoms with Gasteiger partial charge in [0.15, 0.2) is 17.3 Å². The van der Waals surface area contributed by atoms with Crippen molar-refractivity contribution in [1.29, 1.82) is 0 Å². The van der Waals surface area contributed by atoms with Crippen molar-refractivity contribution in [3.63, 3.8) is 0 Å². The number of ether oxygens (including phenoxy) is 3. The number of hydrogen-bond acceptors (Lipinski definition) is 8. The Morgan fingerprint density at radius 3 is 2.92 bits per heavy atom. The zero-order chi connectivity index (χ0) is 18.5. The molecule has 0 spiro atoms. The fourth-order valence-corrected chi connectivity index (χ4v) is 2.74. The molecule has 1 atom stereocenters. The molecule has 0 radical (unpaired) electrons. The first kappa shape index (κ1) is 18.2. The number of amides is 1. The Labute approximate surface area is 151 Å². The zero-order valence-corrected chi connectivity index (χ0v) is 15.0. The Morgan fingerprint density at radius 1 is 1.35 bits per heavy atom. The van der Waals surface area contributed by atoms with Gasteiger partial charge in [-0.1, -0.05) is 11.2 Å². The van der Waals surface area contributed by atoms with Crippen LogP contribution in [0.2, 0.25) is 0 Å².